The van der Waals surface area contributed by atoms with Gasteiger partial charge in [0.1, 0.15) is 4.21 Å². The third-order valence-electron chi connectivity index (χ3n) is 3.55. The molecule has 1 aromatic carbocycles. The van der Waals surface area contributed by atoms with Crippen LogP contribution in [0.25, 0.3) is 11.1 Å². The van der Waals surface area contributed by atoms with Crippen molar-refractivity contribution in [3.8, 4) is 11.1 Å². The van der Waals surface area contributed by atoms with Crippen LogP contribution >= 0.6 is 11.3 Å². The van der Waals surface area contributed by atoms with Crippen molar-refractivity contribution in [1.82, 2.24) is 10.2 Å². The fraction of sp³-hybridized carbons (Fsp3) is 0.133. The Morgan fingerprint density at radius 2 is 1.80 bits per heavy atom. The number of nitrogens with zero attached hydrogens (tertiary/aromatic N) is 1. The first-order valence-electron chi connectivity index (χ1n) is 7.10. The summed E-state index contributed by atoms with van der Waals surface area (Å²) in [5, 5.41) is 6.45. The molecule has 0 saturated heterocycles. The molecule has 0 aliphatic rings. The largest absolute Gasteiger partial charge is 0.326 e. The van der Waals surface area contributed by atoms with Gasteiger partial charge in [-0.25, -0.2) is 16.8 Å². The van der Waals surface area contributed by atoms with Gasteiger partial charge in [-0.3, -0.25) is 5.10 Å². The zero-order valence-electron chi connectivity index (χ0n) is 13.1. The van der Waals surface area contributed by atoms with Crippen LogP contribution < -0.4 is 5.73 Å². The molecule has 2 aromatic heterocycles. The number of rotatable bonds is 5. The molecule has 7 nitrogen and oxygen atoms in total. The number of nitrogens with two attached hydrogens (primary N) is 1. The predicted octanol–water partition coefficient (Wildman–Crippen LogP) is 1.83. The number of aromatic nitrogens is 2. The van der Waals surface area contributed by atoms with E-state index < -0.39 is 19.7 Å². The molecule has 0 radical (unpaired) electrons. The molecule has 132 valence electrons. The summed E-state index contributed by atoms with van der Waals surface area (Å²) in [5.41, 5.74) is 6.58. The Hall–Kier alpha value is -2.01. The minimum absolute atomic E-state index is 0.0691. The Bertz CT molecular complexity index is 1110. The van der Waals surface area contributed by atoms with E-state index in [0.717, 1.165) is 22.5 Å². The summed E-state index contributed by atoms with van der Waals surface area (Å²) in [4.78, 5) is 0.574. The van der Waals surface area contributed by atoms with Gasteiger partial charge in [0.2, 0.25) is 9.84 Å². The second-order valence-corrected chi connectivity index (χ2v) is 10.7. The molecule has 3 N–H and O–H groups in total. The molecule has 0 amide bonds. The molecule has 2 heterocycles. The summed E-state index contributed by atoms with van der Waals surface area (Å²) in [6.07, 6.45) is 4.10. The quantitative estimate of drug-likeness (QED) is 0.677. The second-order valence-electron chi connectivity index (χ2n) is 5.38. The third-order valence-corrected chi connectivity index (χ3v) is 7.98. The summed E-state index contributed by atoms with van der Waals surface area (Å²) < 4.78 is 49.9. The van der Waals surface area contributed by atoms with Crippen LogP contribution in [0.5, 0.6) is 0 Å². The molecule has 0 saturated carbocycles. The third kappa shape index (κ3) is 3.52. The topological polar surface area (TPSA) is 123 Å². The molecule has 10 heteroatoms. The van der Waals surface area contributed by atoms with Gasteiger partial charge in [-0.15, -0.1) is 11.3 Å². The van der Waals surface area contributed by atoms with Crippen LogP contribution in [0.4, 0.5) is 0 Å². The fourth-order valence-electron chi connectivity index (χ4n) is 2.24. The van der Waals surface area contributed by atoms with Gasteiger partial charge in [0.15, 0.2) is 9.84 Å². The lowest BCUT2D eigenvalue weighted by atomic mass is 10.1. The van der Waals surface area contributed by atoms with E-state index in [1.165, 1.54) is 30.5 Å². The summed E-state index contributed by atoms with van der Waals surface area (Å²) in [5.74, 6) is 0. The molecule has 0 unspecified atom stereocenters. The van der Waals surface area contributed by atoms with Crippen molar-refractivity contribution in [1.29, 1.82) is 0 Å². The summed E-state index contributed by atoms with van der Waals surface area (Å²) in [6.45, 7) is 0.240. The monoisotopic (exact) mass is 397 g/mol. The maximum absolute atomic E-state index is 12.9. The zero-order valence-corrected chi connectivity index (χ0v) is 15.6. The van der Waals surface area contributed by atoms with E-state index in [0.29, 0.717) is 11.1 Å². The first kappa shape index (κ1) is 17.8. The number of benzene rings is 1. The second kappa shape index (κ2) is 6.37. The van der Waals surface area contributed by atoms with E-state index >= 15 is 0 Å². The van der Waals surface area contributed by atoms with Gasteiger partial charge >= 0.3 is 0 Å². The summed E-state index contributed by atoms with van der Waals surface area (Å²) in [7, 11) is -7.45. The standard InChI is InChI=1S/C15H15N3O4S3/c1-24(19,20)13-4-10(11-8-17-18-9-11)5-14(6-13)25(21,22)15-3-2-12(7-16)23-15/h2-6,8-9H,7,16H2,1H3,(H,17,18). The van der Waals surface area contributed by atoms with Crippen molar-refractivity contribution in [3.63, 3.8) is 0 Å². The molecule has 0 atom stereocenters. The molecule has 0 aliphatic heterocycles. The summed E-state index contributed by atoms with van der Waals surface area (Å²) >= 11 is 1.07. The van der Waals surface area contributed by atoms with Gasteiger partial charge in [0.05, 0.1) is 16.0 Å². The summed E-state index contributed by atoms with van der Waals surface area (Å²) in [6, 6.07) is 7.17. The van der Waals surface area contributed by atoms with E-state index in [1.807, 2.05) is 0 Å². The normalized spacial score (nSPS) is 12.4. The lowest BCUT2D eigenvalue weighted by Crippen LogP contribution is -2.04. The SMILES string of the molecule is CS(=O)(=O)c1cc(-c2cn[nH]c2)cc(S(=O)(=O)c2ccc(CN)s2)c1. The fourth-order valence-corrected chi connectivity index (χ4v) is 5.71. The van der Waals surface area contributed by atoms with Crippen LogP contribution in [0.15, 0.2) is 56.7 Å². The number of hydrogen-bond acceptors (Lipinski definition) is 7. The Kier molecular flexibility index (Phi) is 4.54. The van der Waals surface area contributed by atoms with E-state index in [1.54, 1.807) is 12.3 Å². The van der Waals surface area contributed by atoms with Gasteiger partial charge in [-0.1, -0.05) is 0 Å². The van der Waals surface area contributed by atoms with Crippen molar-refractivity contribution >= 4 is 31.0 Å². The van der Waals surface area contributed by atoms with Crippen LogP contribution in [-0.2, 0) is 26.2 Å². The van der Waals surface area contributed by atoms with Gasteiger partial charge < -0.3 is 5.73 Å². The highest BCUT2D eigenvalue weighted by Gasteiger charge is 2.23. The predicted molar refractivity (Wildman–Crippen MR) is 94.8 cm³/mol. The van der Waals surface area contributed by atoms with Crippen molar-refractivity contribution in [2.75, 3.05) is 6.26 Å². The average molecular weight is 398 g/mol. The van der Waals surface area contributed by atoms with Crippen molar-refractivity contribution in [2.24, 2.45) is 5.73 Å². The average Bonchev–Trinajstić information content (AvgIpc) is 3.25. The highest BCUT2D eigenvalue weighted by molar-refractivity contribution is 7.93. The minimum atomic E-state index is -3.86. The van der Waals surface area contributed by atoms with Crippen molar-refractivity contribution < 1.29 is 16.8 Å². The van der Waals surface area contributed by atoms with Crippen molar-refractivity contribution in [3.05, 3.63) is 47.6 Å². The van der Waals surface area contributed by atoms with E-state index in [4.69, 9.17) is 5.73 Å². The highest BCUT2D eigenvalue weighted by atomic mass is 32.2. The first-order chi connectivity index (χ1) is 11.7. The van der Waals surface area contributed by atoms with Crippen LogP contribution in [0, 0.1) is 0 Å². The number of H-pyrrole nitrogens is 1. The van der Waals surface area contributed by atoms with Gasteiger partial charge in [0.25, 0.3) is 0 Å². The van der Waals surface area contributed by atoms with Crippen LogP contribution in [0.2, 0.25) is 0 Å². The lowest BCUT2D eigenvalue weighted by Gasteiger charge is -2.08. The van der Waals surface area contributed by atoms with Gasteiger partial charge in [-0.2, -0.15) is 5.10 Å². The lowest BCUT2D eigenvalue weighted by molar-refractivity contribution is 0.597. The molecule has 0 spiro atoms. The van der Waals surface area contributed by atoms with Crippen LogP contribution in [-0.4, -0.2) is 33.3 Å². The first-order valence-corrected chi connectivity index (χ1v) is 11.3. The molecule has 3 aromatic rings. The number of thiophene rings is 1. The Morgan fingerprint density at radius 1 is 1.08 bits per heavy atom. The number of hydrogen-bond donors (Lipinski definition) is 2. The Morgan fingerprint density at radius 3 is 2.36 bits per heavy atom. The van der Waals surface area contributed by atoms with Gasteiger partial charge in [-0.05, 0) is 35.9 Å². The Balaban J connectivity index is 2.23. The smallest absolute Gasteiger partial charge is 0.216 e. The van der Waals surface area contributed by atoms with Crippen molar-refractivity contribution in [2.45, 2.75) is 20.5 Å². The molecular formula is C15H15N3O4S3. The van der Waals surface area contributed by atoms with E-state index in [9.17, 15) is 16.8 Å². The molecule has 0 bridgehead atoms. The molecule has 25 heavy (non-hydrogen) atoms. The molecule has 0 aliphatic carbocycles. The molecule has 3 rings (SSSR count). The van der Waals surface area contributed by atoms with Gasteiger partial charge in [0, 0.05) is 29.4 Å². The van der Waals surface area contributed by atoms with Crippen LogP contribution in [0.3, 0.4) is 0 Å². The Labute approximate surface area is 149 Å². The minimum Gasteiger partial charge on any atom is -0.326 e. The highest BCUT2D eigenvalue weighted by Crippen LogP contribution is 2.32. The zero-order chi connectivity index (χ0) is 18.2. The maximum Gasteiger partial charge on any atom is 0.216 e. The maximum atomic E-state index is 12.9. The number of aromatic amines is 1. The van der Waals surface area contributed by atoms with E-state index in [2.05, 4.69) is 10.2 Å². The number of sulfone groups is 2. The number of nitrogens with one attached hydrogen (secondary N) is 1. The molecular weight excluding hydrogens is 382 g/mol. The van der Waals surface area contributed by atoms with E-state index in [-0.39, 0.29) is 20.5 Å². The van der Waals surface area contributed by atoms with Crippen LogP contribution in [0.1, 0.15) is 4.88 Å². The molecule has 0 fully saturated rings.